The number of fused-ring (bicyclic) bond motifs is 1. The van der Waals surface area contributed by atoms with E-state index in [9.17, 15) is 0 Å². The van der Waals surface area contributed by atoms with Crippen molar-refractivity contribution in [1.82, 2.24) is 4.90 Å². The monoisotopic (exact) mass is 214 g/mol. The van der Waals surface area contributed by atoms with Crippen molar-refractivity contribution in [2.75, 3.05) is 14.1 Å². The fourth-order valence-corrected chi connectivity index (χ4v) is 2.41. The predicted molar refractivity (Wildman–Crippen MR) is 65.1 cm³/mol. The van der Waals surface area contributed by atoms with Gasteiger partial charge in [0.05, 0.1) is 6.07 Å². The molecule has 0 saturated carbocycles. The summed E-state index contributed by atoms with van der Waals surface area (Å²) in [6, 6.07) is 8.77. The van der Waals surface area contributed by atoms with Gasteiger partial charge in [-0.1, -0.05) is 18.2 Å². The van der Waals surface area contributed by atoms with Crippen LogP contribution < -0.4 is 0 Å². The Labute approximate surface area is 97.5 Å². The highest BCUT2D eigenvalue weighted by Crippen LogP contribution is 2.26. The summed E-state index contributed by atoms with van der Waals surface area (Å²) in [7, 11) is 3.90. The van der Waals surface area contributed by atoms with E-state index < -0.39 is 0 Å². The number of rotatable bonds is 2. The number of nitrogens with zero attached hydrogens (tertiary/aromatic N) is 2. The summed E-state index contributed by atoms with van der Waals surface area (Å²) in [6.45, 7) is 0. The van der Waals surface area contributed by atoms with Crippen molar-refractivity contribution in [3.8, 4) is 6.07 Å². The summed E-state index contributed by atoms with van der Waals surface area (Å²) < 4.78 is 0. The third-order valence-corrected chi connectivity index (χ3v) is 3.33. The lowest BCUT2D eigenvalue weighted by Gasteiger charge is -2.21. The van der Waals surface area contributed by atoms with Crippen LogP contribution >= 0.6 is 0 Å². The van der Waals surface area contributed by atoms with Gasteiger partial charge in [-0.3, -0.25) is 4.90 Å². The summed E-state index contributed by atoms with van der Waals surface area (Å²) in [5, 5.41) is 9.16. The lowest BCUT2D eigenvalue weighted by Crippen LogP contribution is -2.18. The topological polar surface area (TPSA) is 27.0 Å². The van der Waals surface area contributed by atoms with Crippen molar-refractivity contribution in [2.45, 2.75) is 31.7 Å². The molecule has 2 nitrogen and oxygen atoms in total. The van der Waals surface area contributed by atoms with Gasteiger partial charge in [-0.25, -0.2) is 0 Å². The zero-order chi connectivity index (χ0) is 11.5. The molecule has 1 aliphatic carbocycles. The zero-order valence-corrected chi connectivity index (χ0v) is 10.0. The molecule has 0 amide bonds. The molecule has 16 heavy (non-hydrogen) atoms. The third kappa shape index (κ3) is 2.10. The highest BCUT2D eigenvalue weighted by atomic mass is 15.1. The molecule has 0 aliphatic heterocycles. The van der Waals surface area contributed by atoms with Crippen LogP contribution in [0.25, 0.3) is 0 Å². The molecule has 2 heteroatoms. The summed E-state index contributed by atoms with van der Waals surface area (Å²) in [4.78, 5) is 1.96. The molecule has 1 aromatic carbocycles. The van der Waals surface area contributed by atoms with E-state index in [0.717, 1.165) is 5.56 Å². The van der Waals surface area contributed by atoms with Gasteiger partial charge in [0.1, 0.15) is 6.04 Å². The Balaban J connectivity index is 2.33. The first-order valence-corrected chi connectivity index (χ1v) is 5.90. The maximum atomic E-state index is 9.16. The number of nitriles is 1. The minimum Gasteiger partial charge on any atom is -0.291 e. The van der Waals surface area contributed by atoms with Gasteiger partial charge in [0, 0.05) is 0 Å². The van der Waals surface area contributed by atoms with Gasteiger partial charge in [-0.05, 0) is 56.5 Å². The summed E-state index contributed by atoms with van der Waals surface area (Å²) in [6.07, 6.45) is 4.97. The van der Waals surface area contributed by atoms with Crippen LogP contribution in [0, 0.1) is 11.3 Å². The molecular weight excluding hydrogens is 196 g/mol. The van der Waals surface area contributed by atoms with E-state index in [1.54, 1.807) is 0 Å². The highest BCUT2D eigenvalue weighted by Gasteiger charge is 2.16. The van der Waals surface area contributed by atoms with E-state index in [1.807, 2.05) is 19.0 Å². The maximum Gasteiger partial charge on any atom is 0.123 e. The van der Waals surface area contributed by atoms with E-state index in [4.69, 9.17) is 5.26 Å². The minimum absolute atomic E-state index is 0.118. The Morgan fingerprint density at radius 3 is 2.50 bits per heavy atom. The van der Waals surface area contributed by atoms with Gasteiger partial charge < -0.3 is 0 Å². The predicted octanol–water partition coefficient (Wildman–Crippen LogP) is 2.69. The summed E-state index contributed by atoms with van der Waals surface area (Å²) in [5.74, 6) is 0. The van der Waals surface area contributed by atoms with Crippen LogP contribution in [0.15, 0.2) is 18.2 Å². The molecule has 0 saturated heterocycles. The van der Waals surface area contributed by atoms with Crippen molar-refractivity contribution in [3.05, 3.63) is 34.9 Å². The van der Waals surface area contributed by atoms with Gasteiger partial charge >= 0.3 is 0 Å². The number of hydrogen-bond acceptors (Lipinski definition) is 2. The SMILES string of the molecule is CN(C)C(C#N)c1ccc2c(c1)CCCC2. The van der Waals surface area contributed by atoms with Crippen molar-refractivity contribution in [2.24, 2.45) is 0 Å². The van der Waals surface area contributed by atoms with Crippen LogP contribution in [-0.2, 0) is 12.8 Å². The lowest BCUT2D eigenvalue weighted by molar-refractivity contribution is 0.358. The molecule has 1 aromatic rings. The minimum atomic E-state index is -0.118. The quantitative estimate of drug-likeness (QED) is 0.757. The Morgan fingerprint density at radius 1 is 1.19 bits per heavy atom. The van der Waals surface area contributed by atoms with Crippen LogP contribution in [0.4, 0.5) is 0 Å². The first-order valence-electron chi connectivity index (χ1n) is 5.90. The normalized spacial score (nSPS) is 16.6. The molecule has 1 unspecified atom stereocenters. The van der Waals surface area contributed by atoms with Gasteiger partial charge in [-0.15, -0.1) is 0 Å². The van der Waals surface area contributed by atoms with Crippen LogP contribution in [0.2, 0.25) is 0 Å². The second-order valence-corrected chi connectivity index (χ2v) is 4.73. The van der Waals surface area contributed by atoms with E-state index in [1.165, 1.54) is 36.8 Å². The number of hydrogen-bond donors (Lipinski definition) is 0. The van der Waals surface area contributed by atoms with Crippen LogP contribution in [0.5, 0.6) is 0 Å². The highest BCUT2D eigenvalue weighted by molar-refractivity contribution is 5.36. The van der Waals surface area contributed by atoms with Gasteiger partial charge in [-0.2, -0.15) is 5.26 Å². The Morgan fingerprint density at radius 2 is 1.88 bits per heavy atom. The maximum absolute atomic E-state index is 9.16. The second-order valence-electron chi connectivity index (χ2n) is 4.73. The zero-order valence-electron chi connectivity index (χ0n) is 10.0. The fourth-order valence-electron chi connectivity index (χ4n) is 2.41. The largest absolute Gasteiger partial charge is 0.291 e. The van der Waals surface area contributed by atoms with E-state index in [0.29, 0.717) is 0 Å². The van der Waals surface area contributed by atoms with Crippen molar-refractivity contribution >= 4 is 0 Å². The van der Waals surface area contributed by atoms with Gasteiger partial charge in [0.25, 0.3) is 0 Å². The molecule has 0 N–H and O–H groups in total. The lowest BCUT2D eigenvalue weighted by atomic mass is 9.89. The van der Waals surface area contributed by atoms with Crippen molar-refractivity contribution in [1.29, 1.82) is 5.26 Å². The first-order chi connectivity index (χ1) is 7.72. The molecule has 0 fully saturated rings. The standard InChI is InChI=1S/C14H18N2/c1-16(2)14(10-15)13-8-7-11-5-3-4-6-12(11)9-13/h7-9,14H,3-6H2,1-2H3. The Kier molecular flexibility index (Phi) is 3.26. The molecular formula is C14H18N2. The fraction of sp³-hybridized carbons (Fsp3) is 0.500. The molecule has 2 rings (SSSR count). The van der Waals surface area contributed by atoms with Crippen molar-refractivity contribution in [3.63, 3.8) is 0 Å². The van der Waals surface area contributed by atoms with E-state index >= 15 is 0 Å². The average Bonchev–Trinajstić information content (AvgIpc) is 2.29. The number of aryl methyl sites for hydroxylation is 2. The van der Waals surface area contributed by atoms with E-state index in [2.05, 4.69) is 24.3 Å². The molecule has 0 aromatic heterocycles. The first kappa shape index (κ1) is 11.2. The van der Waals surface area contributed by atoms with Crippen LogP contribution in [0.1, 0.15) is 35.6 Å². The van der Waals surface area contributed by atoms with Gasteiger partial charge in [0.15, 0.2) is 0 Å². The number of benzene rings is 1. The Hall–Kier alpha value is -1.33. The molecule has 0 radical (unpaired) electrons. The summed E-state index contributed by atoms with van der Waals surface area (Å²) in [5.41, 5.74) is 4.06. The third-order valence-electron chi connectivity index (χ3n) is 3.33. The average molecular weight is 214 g/mol. The summed E-state index contributed by atoms with van der Waals surface area (Å²) >= 11 is 0. The molecule has 84 valence electrons. The second kappa shape index (κ2) is 4.67. The van der Waals surface area contributed by atoms with Crippen LogP contribution in [-0.4, -0.2) is 19.0 Å². The molecule has 1 aliphatic rings. The van der Waals surface area contributed by atoms with Gasteiger partial charge in [0.2, 0.25) is 0 Å². The molecule has 0 bridgehead atoms. The van der Waals surface area contributed by atoms with Crippen LogP contribution in [0.3, 0.4) is 0 Å². The molecule has 1 atom stereocenters. The molecule has 0 spiro atoms. The molecule has 0 heterocycles. The van der Waals surface area contributed by atoms with E-state index in [-0.39, 0.29) is 6.04 Å². The Bertz CT molecular complexity index is 415. The smallest absolute Gasteiger partial charge is 0.123 e. The van der Waals surface area contributed by atoms with Crippen molar-refractivity contribution < 1.29 is 0 Å².